The molecule has 166 valence electrons. The van der Waals surface area contributed by atoms with E-state index in [0.29, 0.717) is 32.5 Å². The molecule has 33 heavy (non-hydrogen) atoms. The van der Waals surface area contributed by atoms with Gasteiger partial charge in [-0.3, -0.25) is 9.59 Å². The van der Waals surface area contributed by atoms with Crippen LogP contribution in [-0.4, -0.2) is 35.3 Å². The van der Waals surface area contributed by atoms with Gasteiger partial charge in [-0.25, -0.2) is 4.98 Å². The lowest BCUT2D eigenvalue weighted by Crippen LogP contribution is -2.35. The van der Waals surface area contributed by atoms with Gasteiger partial charge >= 0.3 is 0 Å². The van der Waals surface area contributed by atoms with Crippen molar-refractivity contribution in [2.24, 2.45) is 0 Å². The van der Waals surface area contributed by atoms with E-state index in [4.69, 9.17) is 28.2 Å². The van der Waals surface area contributed by atoms with Crippen molar-refractivity contribution in [2.45, 2.75) is 6.92 Å². The molecule has 4 rings (SSSR count). The fraction of sp³-hybridized carbons (Fsp3) is 0.115. The molecule has 0 spiro atoms. The number of hydrogen-bond donors (Lipinski definition) is 1. The summed E-state index contributed by atoms with van der Waals surface area (Å²) in [5, 5.41) is 4.08. The maximum Gasteiger partial charge on any atom is 0.254 e. The zero-order valence-corrected chi connectivity index (χ0v) is 19.6. The van der Waals surface area contributed by atoms with Crippen LogP contribution in [0.1, 0.15) is 15.9 Å². The molecule has 1 aromatic heterocycles. The molecular formula is C26H21Cl2N3O2. The quantitative estimate of drug-likeness (QED) is 0.370. The molecule has 1 heterocycles. The summed E-state index contributed by atoms with van der Waals surface area (Å²) in [6, 6.07) is 22.2. The average molecular weight is 478 g/mol. The molecule has 0 radical (unpaired) electrons. The van der Waals surface area contributed by atoms with E-state index in [9.17, 15) is 9.59 Å². The van der Waals surface area contributed by atoms with Gasteiger partial charge in [0.25, 0.3) is 5.91 Å². The van der Waals surface area contributed by atoms with Gasteiger partial charge in [0.15, 0.2) is 0 Å². The van der Waals surface area contributed by atoms with Crippen LogP contribution in [0.15, 0.2) is 72.8 Å². The molecular weight excluding hydrogens is 457 g/mol. The summed E-state index contributed by atoms with van der Waals surface area (Å²) in [5.41, 5.74) is 4.13. The second-order valence-electron chi connectivity index (χ2n) is 7.75. The van der Waals surface area contributed by atoms with Crippen LogP contribution in [0.2, 0.25) is 10.0 Å². The monoisotopic (exact) mass is 477 g/mol. The highest BCUT2D eigenvalue weighted by Crippen LogP contribution is 2.30. The Morgan fingerprint density at radius 2 is 1.64 bits per heavy atom. The van der Waals surface area contributed by atoms with Crippen LogP contribution in [0, 0.1) is 6.92 Å². The van der Waals surface area contributed by atoms with Gasteiger partial charge in [-0.05, 0) is 37.3 Å². The maximum absolute atomic E-state index is 13.4. The Hall–Kier alpha value is -3.41. The molecule has 0 unspecified atom stereocenters. The molecule has 0 fully saturated rings. The van der Waals surface area contributed by atoms with Gasteiger partial charge in [0, 0.05) is 18.0 Å². The lowest BCUT2D eigenvalue weighted by molar-refractivity contribution is -0.116. The number of aryl methyl sites for hydroxylation is 1. The third-order valence-corrected chi connectivity index (χ3v) is 5.85. The largest absolute Gasteiger partial charge is 0.332 e. The first kappa shape index (κ1) is 22.8. The van der Waals surface area contributed by atoms with Gasteiger partial charge in [-0.2, -0.15) is 0 Å². The predicted molar refractivity (Wildman–Crippen MR) is 134 cm³/mol. The van der Waals surface area contributed by atoms with E-state index in [2.05, 4.69) is 5.32 Å². The molecule has 2 amide bonds. The number of pyridine rings is 1. The Morgan fingerprint density at radius 3 is 2.33 bits per heavy atom. The minimum Gasteiger partial charge on any atom is -0.332 e. The normalized spacial score (nSPS) is 10.8. The summed E-state index contributed by atoms with van der Waals surface area (Å²) in [6.07, 6.45) is 0. The number of likely N-dealkylation sites (N-methyl/N-ethyl adjacent to an activating group) is 1. The molecule has 4 aromatic rings. The van der Waals surface area contributed by atoms with Crippen molar-refractivity contribution in [1.29, 1.82) is 0 Å². The number of rotatable bonds is 5. The highest BCUT2D eigenvalue weighted by molar-refractivity contribution is 6.39. The highest BCUT2D eigenvalue weighted by Gasteiger charge is 2.20. The number of fused-ring (bicyclic) bond motifs is 1. The fourth-order valence-electron chi connectivity index (χ4n) is 3.56. The minimum atomic E-state index is -0.404. The van der Waals surface area contributed by atoms with Gasteiger partial charge in [0.05, 0.1) is 39.1 Å². The molecule has 3 aromatic carbocycles. The first-order valence-electron chi connectivity index (χ1n) is 10.3. The standard InChI is InChI=1S/C26H21Cl2N3O2/c1-16-11-12-22-18(13-16)19(14-23(29-22)17-7-4-3-5-8-17)26(33)31(2)15-24(32)30-25-20(27)9-6-10-21(25)28/h3-14H,15H2,1-2H3,(H,30,32). The lowest BCUT2D eigenvalue weighted by atomic mass is 10.0. The van der Waals surface area contributed by atoms with Crippen molar-refractivity contribution in [3.05, 3.63) is 94.0 Å². The average Bonchev–Trinajstić information content (AvgIpc) is 2.81. The summed E-state index contributed by atoms with van der Waals surface area (Å²) in [6.45, 7) is 1.79. The summed E-state index contributed by atoms with van der Waals surface area (Å²) in [7, 11) is 1.58. The second kappa shape index (κ2) is 9.61. The van der Waals surface area contributed by atoms with Crippen LogP contribution in [0.4, 0.5) is 5.69 Å². The Morgan fingerprint density at radius 1 is 0.939 bits per heavy atom. The Kier molecular flexibility index (Phi) is 6.63. The van der Waals surface area contributed by atoms with Crippen LogP contribution in [-0.2, 0) is 4.79 Å². The summed E-state index contributed by atoms with van der Waals surface area (Å²) < 4.78 is 0. The molecule has 5 nitrogen and oxygen atoms in total. The van der Waals surface area contributed by atoms with Gasteiger partial charge in [0.2, 0.25) is 5.91 Å². The molecule has 7 heteroatoms. The zero-order valence-electron chi connectivity index (χ0n) is 18.1. The molecule has 0 aliphatic carbocycles. The number of nitrogens with zero attached hydrogens (tertiary/aromatic N) is 2. The molecule has 0 saturated heterocycles. The number of para-hydroxylation sites is 1. The smallest absolute Gasteiger partial charge is 0.254 e. The third-order valence-electron chi connectivity index (χ3n) is 5.22. The number of anilines is 1. The molecule has 0 saturated carbocycles. The van der Waals surface area contributed by atoms with Crippen LogP contribution < -0.4 is 5.32 Å². The third kappa shape index (κ3) is 5.00. The van der Waals surface area contributed by atoms with Gasteiger partial charge in [0.1, 0.15) is 0 Å². The molecule has 0 atom stereocenters. The highest BCUT2D eigenvalue weighted by atomic mass is 35.5. The number of hydrogen-bond acceptors (Lipinski definition) is 3. The number of carbonyl (C=O) groups is 2. The van der Waals surface area contributed by atoms with E-state index in [1.165, 1.54) is 4.90 Å². The van der Waals surface area contributed by atoms with E-state index in [-0.39, 0.29) is 12.5 Å². The van der Waals surface area contributed by atoms with Crippen molar-refractivity contribution >= 4 is 51.6 Å². The van der Waals surface area contributed by atoms with E-state index in [0.717, 1.165) is 16.5 Å². The number of amides is 2. The molecule has 0 bridgehead atoms. The number of nitrogens with one attached hydrogen (secondary N) is 1. The van der Waals surface area contributed by atoms with Crippen molar-refractivity contribution in [1.82, 2.24) is 9.88 Å². The summed E-state index contributed by atoms with van der Waals surface area (Å²) >= 11 is 12.3. The predicted octanol–water partition coefficient (Wildman–Crippen LogP) is 6.23. The maximum atomic E-state index is 13.4. The van der Waals surface area contributed by atoms with Gasteiger partial charge in [-0.15, -0.1) is 0 Å². The second-order valence-corrected chi connectivity index (χ2v) is 8.56. The van der Waals surface area contributed by atoms with E-state index < -0.39 is 5.91 Å². The number of carbonyl (C=O) groups excluding carboxylic acids is 2. The van der Waals surface area contributed by atoms with Crippen molar-refractivity contribution in [2.75, 3.05) is 18.9 Å². The topological polar surface area (TPSA) is 62.3 Å². The fourth-order valence-corrected chi connectivity index (χ4v) is 4.05. The van der Waals surface area contributed by atoms with Crippen LogP contribution in [0.25, 0.3) is 22.2 Å². The van der Waals surface area contributed by atoms with E-state index >= 15 is 0 Å². The Bertz CT molecular complexity index is 1340. The summed E-state index contributed by atoms with van der Waals surface area (Å²) in [5.74, 6) is -0.690. The first-order chi connectivity index (χ1) is 15.8. The van der Waals surface area contributed by atoms with E-state index in [1.54, 1.807) is 31.3 Å². The zero-order chi connectivity index (χ0) is 23.5. The Balaban J connectivity index is 1.65. The summed E-state index contributed by atoms with van der Waals surface area (Å²) in [4.78, 5) is 32.2. The minimum absolute atomic E-state index is 0.170. The van der Waals surface area contributed by atoms with E-state index in [1.807, 2.05) is 55.5 Å². The van der Waals surface area contributed by atoms with Crippen molar-refractivity contribution in [3.8, 4) is 11.3 Å². The Labute approximate surface area is 202 Å². The van der Waals surface area contributed by atoms with Crippen molar-refractivity contribution < 1.29 is 9.59 Å². The van der Waals surface area contributed by atoms with Crippen molar-refractivity contribution in [3.63, 3.8) is 0 Å². The molecule has 0 aliphatic heterocycles. The number of halogens is 2. The van der Waals surface area contributed by atoms with Gasteiger partial charge in [-0.1, -0.05) is 71.2 Å². The number of benzene rings is 3. The van der Waals surface area contributed by atoms with Crippen LogP contribution in [0.5, 0.6) is 0 Å². The first-order valence-corrected chi connectivity index (χ1v) is 11.1. The number of aromatic nitrogens is 1. The van der Waals surface area contributed by atoms with Gasteiger partial charge < -0.3 is 10.2 Å². The molecule has 0 aliphatic rings. The van der Waals surface area contributed by atoms with Crippen LogP contribution in [0.3, 0.4) is 0 Å². The SMILES string of the molecule is Cc1ccc2nc(-c3ccccc3)cc(C(=O)N(C)CC(=O)Nc3c(Cl)cccc3Cl)c2c1. The van der Waals surface area contributed by atoms with Crippen LogP contribution >= 0.6 is 23.2 Å². The lowest BCUT2D eigenvalue weighted by Gasteiger charge is -2.19. The molecule has 1 N–H and O–H groups in total.